The molecule has 0 bridgehead atoms. The monoisotopic (exact) mass is 212 g/mol. The highest BCUT2D eigenvalue weighted by Crippen LogP contribution is 2.38. The van der Waals surface area contributed by atoms with Crippen LogP contribution in [0.15, 0.2) is 0 Å². The minimum Gasteiger partial charge on any atom is -0.402 e. The third-order valence-electron chi connectivity index (χ3n) is 3.72. The zero-order valence-electron chi connectivity index (χ0n) is 10.3. The molecule has 2 aliphatic heterocycles. The predicted molar refractivity (Wildman–Crippen MR) is 60.2 cm³/mol. The molecule has 4 nitrogen and oxygen atoms in total. The molecule has 0 amide bonds. The van der Waals surface area contributed by atoms with Crippen LogP contribution in [-0.4, -0.2) is 30.3 Å². The van der Waals surface area contributed by atoms with Crippen LogP contribution in [0.25, 0.3) is 0 Å². The zero-order chi connectivity index (χ0) is 11.3. The largest absolute Gasteiger partial charge is 0.477 e. The summed E-state index contributed by atoms with van der Waals surface area (Å²) < 4.78 is 11.9. The number of hydrogen-bond donors (Lipinski definition) is 2. The fourth-order valence-electron chi connectivity index (χ4n) is 1.98. The van der Waals surface area contributed by atoms with E-state index in [4.69, 9.17) is 9.31 Å². The van der Waals surface area contributed by atoms with Gasteiger partial charge in [0.1, 0.15) is 0 Å². The maximum Gasteiger partial charge on any atom is 0.477 e. The van der Waals surface area contributed by atoms with Crippen molar-refractivity contribution in [2.75, 3.05) is 0 Å². The molecule has 0 aromatic rings. The molecule has 0 aromatic heterocycles. The smallest absolute Gasteiger partial charge is 0.402 e. The third-order valence-corrected chi connectivity index (χ3v) is 3.72. The van der Waals surface area contributed by atoms with E-state index in [0.29, 0.717) is 6.04 Å². The van der Waals surface area contributed by atoms with Gasteiger partial charge in [0.25, 0.3) is 0 Å². The van der Waals surface area contributed by atoms with Gasteiger partial charge in [-0.15, -0.1) is 0 Å². The summed E-state index contributed by atoms with van der Waals surface area (Å²) in [4.78, 5) is 0. The Balaban J connectivity index is 2.03. The highest BCUT2D eigenvalue weighted by Gasteiger charge is 2.54. The summed E-state index contributed by atoms with van der Waals surface area (Å²) in [7, 11) is -0.146. The molecule has 15 heavy (non-hydrogen) atoms. The first-order valence-electron chi connectivity index (χ1n) is 5.68. The molecular weight excluding hydrogens is 191 g/mol. The van der Waals surface area contributed by atoms with Gasteiger partial charge in [-0.2, -0.15) is 0 Å². The Morgan fingerprint density at radius 1 is 1.07 bits per heavy atom. The molecule has 2 saturated heterocycles. The van der Waals surface area contributed by atoms with Gasteiger partial charge in [0.05, 0.1) is 17.1 Å². The van der Waals surface area contributed by atoms with E-state index in [1.165, 1.54) is 0 Å². The maximum absolute atomic E-state index is 5.97. The Morgan fingerprint density at radius 2 is 1.60 bits per heavy atom. The van der Waals surface area contributed by atoms with Crippen molar-refractivity contribution >= 4 is 7.12 Å². The van der Waals surface area contributed by atoms with Crippen LogP contribution in [0.2, 0.25) is 0 Å². The van der Waals surface area contributed by atoms with Gasteiger partial charge in [-0.05, 0) is 41.0 Å². The van der Waals surface area contributed by atoms with Crippen molar-refractivity contribution in [3.8, 4) is 0 Å². The summed E-state index contributed by atoms with van der Waals surface area (Å²) in [5, 5.41) is 0. The predicted octanol–water partition coefficient (Wildman–Crippen LogP) is 0.873. The van der Waals surface area contributed by atoms with Crippen LogP contribution in [0.3, 0.4) is 0 Å². The molecule has 0 spiro atoms. The van der Waals surface area contributed by atoms with E-state index >= 15 is 0 Å². The van der Waals surface area contributed by atoms with E-state index in [1.54, 1.807) is 0 Å². The molecular formula is C10H21BN2O2. The molecule has 5 heteroatoms. The minimum absolute atomic E-state index is 0.146. The van der Waals surface area contributed by atoms with Crippen molar-refractivity contribution in [2.24, 2.45) is 0 Å². The SMILES string of the molecule is CC1CC(B2OC(C)(C)C(C)(C)O2)NN1. The summed E-state index contributed by atoms with van der Waals surface area (Å²) in [6.07, 6.45) is 1.04. The highest BCUT2D eigenvalue weighted by molar-refractivity contribution is 6.47. The lowest BCUT2D eigenvalue weighted by atomic mass is 9.76. The summed E-state index contributed by atoms with van der Waals surface area (Å²) in [5.74, 6) is 0.251. The molecule has 2 rings (SSSR count). The van der Waals surface area contributed by atoms with Crippen LogP contribution in [0, 0.1) is 0 Å². The average Bonchev–Trinajstić information content (AvgIpc) is 2.56. The minimum atomic E-state index is -0.231. The van der Waals surface area contributed by atoms with E-state index < -0.39 is 0 Å². The fraction of sp³-hybridized carbons (Fsp3) is 1.00. The number of hydrogen-bond acceptors (Lipinski definition) is 4. The van der Waals surface area contributed by atoms with Crippen molar-refractivity contribution in [3.63, 3.8) is 0 Å². The van der Waals surface area contributed by atoms with E-state index in [-0.39, 0.29) is 24.3 Å². The summed E-state index contributed by atoms with van der Waals surface area (Å²) in [6.45, 7) is 10.5. The van der Waals surface area contributed by atoms with Crippen LogP contribution in [-0.2, 0) is 9.31 Å². The molecule has 0 aliphatic carbocycles. The molecule has 2 fully saturated rings. The first-order chi connectivity index (χ1) is 6.82. The van der Waals surface area contributed by atoms with Crippen LogP contribution < -0.4 is 10.9 Å². The molecule has 2 aliphatic rings. The van der Waals surface area contributed by atoms with Crippen LogP contribution in [0.4, 0.5) is 0 Å². The van der Waals surface area contributed by atoms with Gasteiger partial charge in [-0.1, -0.05) is 0 Å². The quantitative estimate of drug-likeness (QED) is 0.633. The van der Waals surface area contributed by atoms with Crippen LogP contribution >= 0.6 is 0 Å². The molecule has 0 aromatic carbocycles. The van der Waals surface area contributed by atoms with Gasteiger partial charge >= 0.3 is 7.12 Å². The van der Waals surface area contributed by atoms with Crippen LogP contribution in [0.1, 0.15) is 41.0 Å². The lowest BCUT2D eigenvalue weighted by Crippen LogP contribution is -2.44. The van der Waals surface area contributed by atoms with Gasteiger partial charge in [-0.3, -0.25) is 10.9 Å². The lowest BCUT2D eigenvalue weighted by Gasteiger charge is -2.32. The van der Waals surface area contributed by atoms with Crippen molar-refractivity contribution in [1.82, 2.24) is 10.9 Å². The van der Waals surface area contributed by atoms with Crippen molar-refractivity contribution in [2.45, 2.75) is 64.2 Å². The Kier molecular flexibility index (Phi) is 2.62. The Hall–Kier alpha value is -0.0951. The van der Waals surface area contributed by atoms with Gasteiger partial charge in [0.2, 0.25) is 0 Å². The van der Waals surface area contributed by atoms with Gasteiger partial charge < -0.3 is 9.31 Å². The topological polar surface area (TPSA) is 42.5 Å². The second kappa shape index (κ2) is 3.45. The van der Waals surface area contributed by atoms with Crippen molar-refractivity contribution in [1.29, 1.82) is 0 Å². The standard InChI is InChI=1S/C10H21BN2O2/c1-7-6-8(13-12-7)11-14-9(2,3)10(4,5)15-11/h7-8,12-13H,6H2,1-5H3. The highest BCUT2D eigenvalue weighted by atomic mass is 16.7. The first kappa shape index (κ1) is 11.4. The van der Waals surface area contributed by atoms with Gasteiger partial charge in [-0.25, -0.2) is 0 Å². The molecule has 2 unspecified atom stereocenters. The van der Waals surface area contributed by atoms with Gasteiger partial charge in [0, 0.05) is 6.04 Å². The van der Waals surface area contributed by atoms with Gasteiger partial charge in [0.15, 0.2) is 0 Å². The lowest BCUT2D eigenvalue weighted by molar-refractivity contribution is 0.00578. The molecule has 0 saturated carbocycles. The molecule has 2 N–H and O–H groups in total. The molecule has 86 valence electrons. The summed E-state index contributed by atoms with van der Waals surface area (Å²) >= 11 is 0. The third kappa shape index (κ3) is 1.94. The van der Waals surface area contributed by atoms with E-state index in [2.05, 4.69) is 45.5 Å². The maximum atomic E-state index is 5.97. The van der Waals surface area contributed by atoms with E-state index in [9.17, 15) is 0 Å². The molecule has 2 heterocycles. The van der Waals surface area contributed by atoms with Crippen molar-refractivity contribution < 1.29 is 9.31 Å². The Labute approximate surface area is 92.2 Å². The second-order valence-electron chi connectivity index (χ2n) is 5.66. The number of rotatable bonds is 1. The van der Waals surface area contributed by atoms with E-state index in [1.807, 2.05) is 0 Å². The number of hydrazine groups is 1. The Bertz CT molecular complexity index is 242. The van der Waals surface area contributed by atoms with Crippen molar-refractivity contribution in [3.05, 3.63) is 0 Å². The second-order valence-corrected chi connectivity index (χ2v) is 5.66. The zero-order valence-corrected chi connectivity index (χ0v) is 10.3. The summed E-state index contributed by atoms with van der Waals surface area (Å²) in [6, 6.07) is 0.481. The molecule has 2 atom stereocenters. The normalized spacial score (nSPS) is 38.6. The fourth-order valence-corrected chi connectivity index (χ4v) is 1.98. The van der Waals surface area contributed by atoms with Crippen LogP contribution in [0.5, 0.6) is 0 Å². The van der Waals surface area contributed by atoms with E-state index in [0.717, 1.165) is 6.42 Å². The number of nitrogens with one attached hydrogen (secondary N) is 2. The first-order valence-corrected chi connectivity index (χ1v) is 5.68. The Morgan fingerprint density at radius 3 is 2.00 bits per heavy atom. The average molecular weight is 212 g/mol. The molecule has 0 radical (unpaired) electrons. The summed E-state index contributed by atoms with van der Waals surface area (Å²) in [5.41, 5.74) is 5.95.